The molecule has 0 fully saturated rings. The Balaban J connectivity index is 2.33. The molecule has 2 aromatic rings. The molecule has 0 aliphatic rings. The minimum Gasteiger partial charge on any atom is -0.398 e. The third kappa shape index (κ3) is 2.32. The Bertz CT molecular complexity index is 472. The van der Waals surface area contributed by atoms with Crippen molar-refractivity contribution >= 4 is 33.4 Å². The van der Waals surface area contributed by atoms with Gasteiger partial charge in [0.2, 0.25) is 0 Å². The molecule has 0 radical (unpaired) electrons. The molecular weight excluding hydrogens is 281 g/mol. The fourth-order valence-electron chi connectivity index (χ4n) is 1.04. The van der Waals surface area contributed by atoms with Gasteiger partial charge in [-0.05, 0) is 39.8 Å². The number of rotatable bonds is 2. The lowest BCUT2D eigenvalue weighted by molar-refractivity contribution is 0.618. The van der Waals surface area contributed by atoms with E-state index in [0.29, 0.717) is 20.2 Å². The third-order valence-corrected chi connectivity index (χ3v) is 3.33. The maximum atomic E-state index is 13.2. The Morgan fingerprint density at radius 1 is 1.47 bits per heavy atom. The summed E-state index contributed by atoms with van der Waals surface area (Å²) in [7, 11) is 0. The zero-order chi connectivity index (χ0) is 10.8. The molecule has 0 saturated heterocycles. The molecule has 0 aliphatic carbocycles. The number of nitrogens with zero attached hydrogens (tertiary/aromatic N) is 1. The fraction of sp³-hybridized carbons (Fsp3) is 0. The van der Waals surface area contributed by atoms with E-state index in [4.69, 9.17) is 5.73 Å². The summed E-state index contributed by atoms with van der Waals surface area (Å²) in [5.74, 6) is -0.335. The number of nitrogens with two attached hydrogens (primary N) is 1. The van der Waals surface area contributed by atoms with Crippen LogP contribution in [-0.4, -0.2) is 9.97 Å². The van der Waals surface area contributed by atoms with Crippen molar-refractivity contribution in [3.63, 3.8) is 0 Å². The van der Waals surface area contributed by atoms with Crippen molar-refractivity contribution in [1.82, 2.24) is 9.97 Å². The molecule has 0 spiro atoms. The highest BCUT2D eigenvalue weighted by Gasteiger charge is 2.08. The molecule has 0 unspecified atom stereocenters. The SMILES string of the molecule is Nc1cc(Br)c(F)cc1Sc1ncc[nH]1. The normalized spacial score (nSPS) is 10.5. The first-order valence-electron chi connectivity index (χ1n) is 4.08. The molecule has 2 rings (SSSR count). The average molecular weight is 288 g/mol. The van der Waals surface area contributed by atoms with Crippen LogP contribution in [0.4, 0.5) is 10.1 Å². The van der Waals surface area contributed by atoms with Gasteiger partial charge in [-0.2, -0.15) is 0 Å². The summed E-state index contributed by atoms with van der Waals surface area (Å²) in [4.78, 5) is 7.58. The minimum absolute atomic E-state index is 0.335. The fourth-order valence-corrected chi connectivity index (χ4v) is 2.19. The van der Waals surface area contributed by atoms with Crippen molar-refractivity contribution in [1.29, 1.82) is 0 Å². The highest BCUT2D eigenvalue weighted by Crippen LogP contribution is 2.33. The lowest BCUT2D eigenvalue weighted by Crippen LogP contribution is -1.91. The zero-order valence-electron chi connectivity index (χ0n) is 7.50. The number of aromatic amines is 1. The number of hydrogen-bond donors (Lipinski definition) is 2. The molecule has 0 saturated carbocycles. The van der Waals surface area contributed by atoms with Gasteiger partial charge in [0.1, 0.15) is 5.82 Å². The Morgan fingerprint density at radius 3 is 2.93 bits per heavy atom. The molecule has 1 aromatic carbocycles. The van der Waals surface area contributed by atoms with Gasteiger partial charge in [-0.15, -0.1) is 0 Å². The number of aromatic nitrogens is 2. The van der Waals surface area contributed by atoms with E-state index in [2.05, 4.69) is 25.9 Å². The topological polar surface area (TPSA) is 54.7 Å². The summed E-state index contributed by atoms with van der Waals surface area (Å²) >= 11 is 4.36. The first-order valence-corrected chi connectivity index (χ1v) is 5.69. The standard InChI is InChI=1S/C9H7BrFN3S/c10-5-3-7(12)8(4-6(5)11)15-9-13-1-2-14-9/h1-4H,12H2,(H,13,14). The van der Waals surface area contributed by atoms with Gasteiger partial charge >= 0.3 is 0 Å². The summed E-state index contributed by atoms with van der Waals surface area (Å²) in [5.41, 5.74) is 6.27. The van der Waals surface area contributed by atoms with Crippen LogP contribution in [0.1, 0.15) is 0 Å². The van der Waals surface area contributed by atoms with Crippen molar-refractivity contribution < 1.29 is 4.39 Å². The van der Waals surface area contributed by atoms with E-state index in [1.807, 2.05) is 0 Å². The minimum atomic E-state index is -0.335. The molecular formula is C9H7BrFN3S. The second-order valence-electron chi connectivity index (χ2n) is 2.80. The van der Waals surface area contributed by atoms with Gasteiger partial charge in [-0.1, -0.05) is 0 Å². The van der Waals surface area contributed by atoms with Crippen LogP contribution in [0.3, 0.4) is 0 Å². The van der Waals surface area contributed by atoms with Crippen LogP contribution in [0.25, 0.3) is 0 Å². The van der Waals surface area contributed by atoms with E-state index in [-0.39, 0.29) is 5.82 Å². The predicted octanol–water partition coefficient (Wildman–Crippen LogP) is 3.04. The number of hydrogen-bond acceptors (Lipinski definition) is 3. The van der Waals surface area contributed by atoms with Crippen molar-refractivity contribution in [3.8, 4) is 0 Å². The van der Waals surface area contributed by atoms with Crippen LogP contribution >= 0.6 is 27.7 Å². The highest BCUT2D eigenvalue weighted by atomic mass is 79.9. The molecule has 0 atom stereocenters. The molecule has 6 heteroatoms. The second-order valence-corrected chi connectivity index (χ2v) is 4.69. The van der Waals surface area contributed by atoms with E-state index >= 15 is 0 Å². The summed E-state index contributed by atoms with van der Waals surface area (Å²) in [6, 6.07) is 2.92. The third-order valence-electron chi connectivity index (χ3n) is 1.73. The van der Waals surface area contributed by atoms with Gasteiger partial charge in [-0.25, -0.2) is 9.37 Å². The molecule has 0 amide bonds. The molecule has 1 heterocycles. The van der Waals surface area contributed by atoms with E-state index < -0.39 is 0 Å². The van der Waals surface area contributed by atoms with E-state index in [0.717, 1.165) is 0 Å². The monoisotopic (exact) mass is 287 g/mol. The van der Waals surface area contributed by atoms with Gasteiger partial charge in [0.15, 0.2) is 5.16 Å². The van der Waals surface area contributed by atoms with Crippen molar-refractivity contribution in [2.75, 3.05) is 5.73 Å². The largest absolute Gasteiger partial charge is 0.398 e. The molecule has 78 valence electrons. The van der Waals surface area contributed by atoms with Crippen LogP contribution in [0.2, 0.25) is 0 Å². The number of imidazole rings is 1. The number of halogens is 2. The van der Waals surface area contributed by atoms with Gasteiger partial charge in [0, 0.05) is 23.0 Å². The van der Waals surface area contributed by atoms with Gasteiger partial charge < -0.3 is 10.7 Å². The van der Waals surface area contributed by atoms with Crippen LogP contribution < -0.4 is 5.73 Å². The molecule has 3 N–H and O–H groups in total. The smallest absolute Gasteiger partial charge is 0.170 e. The van der Waals surface area contributed by atoms with Gasteiger partial charge in [0.25, 0.3) is 0 Å². The Kier molecular flexibility index (Phi) is 2.97. The average Bonchev–Trinajstić information content (AvgIpc) is 2.67. The Labute approximate surface area is 98.4 Å². The van der Waals surface area contributed by atoms with Crippen LogP contribution in [-0.2, 0) is 0 Å². The molecule has 3 nitrogen and oxygen atoms in total. The summed E-state index contributed by atoms with van der Waals surface area (Å²) in [6.45, 7) is 0. The van der Waals surface area contributed by atoms with Crippen LogP contribution in [0.15, 0.2) is 39.1 Å². The van der Waals surface area contributed by atoms with E-state index in [9.17, 15) is 4.39 Å². The molecule has 1 aromatic heterocycles. The predicted molar refractivity (Wildman–Crippen MR) is 61.2 cm³/mol. The maximum absolute atomic E-state index is 13.2. The lowest BCUT2D eigenvalue weighted by Gasteiger charge is -2.04. The first kappa shape index (κ1) is 10.5. The van der Waals surface area contributed by atoms with Gasteiger partial charge in [0.05, 0.1) is 4.47 Å². The number of anilines is 1. The Morgan fingerprint density at radius 2 is 2.27 bits per heavy atom. The van der Waals surface area contributed by atoms with Crippen LogP contribution in [0.5, 0.6) is 0 Å². The number of benzene rings is 1. The van der Waals surface area contributed by atoms with Crippen molar-refractivity contribution in [3.05, 3.63) is 34.8 Å². The number of nitrogens with one attached hydrogen (secondary N) is 1. The zero-order valence-corrected chi connectivity index (χ0v) is 9.90. The first-order chi connectivity index (χ1) is 7.16. The van der Waals surface area contributed by atoms with Crippen molar-refractivity contribution in [2.24, 2.45) is 0 Å². The van der Waals surface area contributed by atoms with Crippen LogP contribution in [0, 0.1) is 5.82 Å². The molecule has 0 aliphatic heterocycles. The highest BCUT2D eigenvalue weighted by molar-refractivity contribution is 9.10. The maximum Gasteiger partial charge on any atom is 0.170 e. The Hall–Kier alpha value is -1.01. The van der Waals surface area contributed by atoms with E-state index in [1.54, 1.807) is 18.5 Å². The number of H-pyrrole nitrogens is 1. The second kappa shape index (κ2) is 4.24. The number of nitrogen functional groups attached to an aromatic ring is 1. The summed E-state index contributed by atoms with van der Waals surface area (Å²) in [5, 5.41) is 0.684. The summed E-state index contributed by atoms with van der Waals surface area (Å²) in [6.07, 6.45) is 3.33. The lowest BCUT2D eigenvalue weighted by atomic mass is 10.3. The van der Waals surface area contributed by atoms with E-state index in [1.165, 1.54) is 17.8 Å². The molecule has 0 bridgehead atoms. The summed E-state index contributed by atoms with van der Waals surface area (Å²) < 4.78 is 13.6. The quantitative estimate of drug-likeness (QED) is 0.835. The molecule has 15 heavy (non-hydrogen) atoms. The van der Waals surface area contributed by atoms with Gasteiger partial charge in [-0.3, -0.25) is 0 Å². The van der Waals surface area contributed by atoms with Crippen molar-refractivity contribution in [2.45, 2.75) is 10.1 Å².